The fraction of sp³-hybridized carbons (Fsp3) is 0.615. The lowest BCUT2D eigenvalue weighted by Gasteiger charge is -2.32. The first-order valence-electron chi connectivity index (χ1n) is 18.1. The largest absolute Gasteiger partial charge is 0.493 e. The summed E-state index contributed by atoms with van der Waals surface area (Å²) in [6.45, 7) is 18.4. The van der Waals surface area contributed by atoms with Gasteiger partial charge in [-0.2, -0.15) is 0 Å². The van der Waals surface area contributed by atoms with Crippen LogP contribution in [0.15, 0.2) is 36.4 Å². The Hall–Kier alpha value is -4.23. The second kappa shape index (κ2) is 17.5. The molecule has 0 radical (unpaired) electrons. The maximum Gasteiger partial charge on any atom is 0.415 e. The zero-order chi connectivity index (χ0) is 38.2. The minimum Gasteiger partial charge on any atom is -0.493 e. The van der Waals surface area contributed by atoms with Gasteiger partial charge in [-0.15, -0.1) is 0 Å². The van der Waals surface area contributed by atoms with Crippen LogP contribution < -0.4 is 24.4 Å². The van der Waals surface area contributed by atoms with E-state index in [4.69, 9.17) is 28.4 Å². The van der Waals surface area contributed by atoms with Crippen LogP contribution in [-0.2, 0) is 20.8 Å². The van der Waals surface area contributed by atoms with Crippen molar-refractivity contribution in [2.75, 3.05) is 65.1 Å². The molecular formula is C39H58N4O9. The number of likely N-dealkylation sites (tertiary alicyclic amines) is 1. The number of carbonyl (C=O) groups is 3. The number of hydrogen-bond donors (Lipinski definition) is 1. The van der Waals surface area contributed by atoms with Crippen molar-refractivity contribution >= 4 is 23.8 Å². The Kier molecular flexibility index (Phi) is 13.7. The Morgan fingerprint density at radius 2 is 1.63 bits per heavy atom. The molecule has 2 heterocycles. The number of rotatable bonds is 13. The van der Waals surface area contributed by atoms with Crippen molar-refractivity contribution in [3.63, 3.8) is 0 Å². The van der Waals surface area contributed by atoms with Gasteiger partial charge in [-0.05, 0) is 91.3 Å². The molecule has 0 aliphatic carbocycles. The Morgan fingerprint density at radius 3 is 2.29 bits per heavy atom. The monoisotopic (exact) mass is 726 g/mol. The molecule has 4 rings (SSSR count). The highest BCUT2D eigenvalue weighted by molar-refractivity contribution is 5.95. The fourth-order valence-corrected chi connectivity index (χ4v) is 6.15. The molecule has 1 saturated heterocycles. The second-order valence-electron chi connectivity index (χ2n) is 15.5. The summed E-state index contributed by atoms with van der Waals surface area (Å²) in [5, 5.41) is 3.66. The molecule has 2 aromatic rings. The summed E-state index contributed by atoms with van der Waals surface area (Å²) in [5.41, 5.74) is 0.775. The van der Waals surface area contributed by atoms with Gasteiger partial charge in [0.1, 0.15) is 23.6 Å². The molecule has 1 fully saturated rings. The third-order valence-corrected chi connectivity index (χ3v) is 8.64. The second-order valence-corrected chi connectivity index (χ2v) is 15.5. The molecule has 0 saturated carbocycles. The van der Waals surface area contributed by atoms with Crippen LogP contribution in [0.4, 0.5) is 15.3 Å². The summed E-state index contributed by atoms with van der Waals surface area (Å²) in [7, 11) is 3.21. The van der Waals surface area contributed by atoms with Gasteiger partial charge < -0.3 is 43.5 Å². The van der Waals surface area contributed by atoms with Gasteiger partial charge in [0, 0.05) is 69.9 Å². The van der Waals surface area contributed by atoms with Crippen LogP contribution in [0.5, 0.6) is 17.2 Å². The SMILES string of the molecule is COCCCOc1cc(C(=O)N(C[C@@H]2CN(C(=O)OC(C)(C)C)C[C@H]2NCc2ccc3c(c2)N(C(=O)OC(C)(C)C)CCO3)C(C)C)ccc1OC. The number of methoxy groups -OCH3 is 2. The summed E-state index contributed by atoms with van der Waals surface area (Å²) in [4.78, 5) is 45.6. The van der Waals surface area contributed by atoms with E-state index in [-0.39, 0.29) is 23.9 Å². The molecule has 13 heteroatoms. The van der Waals surface area contributed by atoms with Crippen molar-refractivity contribution in [1.82, 2.24) is 15.1 Å². The summed E-state index contributed by atoms with van der Waals surface area (Å²) < 4.78 is 33.9. The van der Waals surface area contributed by atoms with Crippen molar-refractivity contribution < 1.29 is 42.8 Å². The van der Waals surface area contributed by atoms with Crippen molar-refractivity contribution in [2.24, 2.45) is 5.92 Å². The Balaban J connectivity index is 1.55. The summed E-state index contributed by atoms with van der Waals surface area (Å²) >= 11 is 0. The first-order valence-corrected chi connectivity index (χ1v) is 18.1. The fourth-order valence-electron chi connectivity index (χ4n) is 6.15. The lowest BCUT2D eigenvalue weighted by Crippen LogP contribution is -2.46. The van der Waals surface area contributed by atoms with E-state index in [0.717, 1.165) is 5.56 Å². The Morgan fingerprint density at radius 1 is 0.923 bits per heavy atom. The van der Waals surface area contributed by atoms with Crippen LogP contribution >= 0.6 is 0 Å². The van der Waals surface area contributed by atoms with Crippen molar-refractivity contribution in [1.29, 1.82) is 0 Å². The van der Waals surface area contributed by atoms with Gasteiger partial charge >= 0.3 is 12.2 Å². The zero-order valence-corrected chi connectivity index (χ0v) is 32.6. The molecule has 2 atom stereocenters. The van der Waals surface area contributed by atoms with E-state index in [1.54, 1.807) is 42.2 Å². The van der Waals surface area contributed by atoms with Crippen LogP contribution in [0.3, 0.4) is 0 Å². The molecule has 2 aromatic carbocycles. The maximum atomic E-state index is 14.1. The number of carbonyl (C=O) groups excluding carboxylic acids is 3. The topological polar surface area (TPSA) is 128 Å². The average Bonchev–Trinajstić information content (AvgIpc) is 3.48. The lowest BCUT2D eigenvalue weighted by atomic mass is 10.0. The quantitative estimate of drug-likeness (QED) is 0.241. The van der Waals surface area contributed by atoms with E-state index in [1.807, 2.05) is 78.5 Å². The van der Waals surface area contributed by atoms with E-state index < -0.39 is 23.4 Å². The minimum atomic E-state index is -0.652. The number of nitrogens with one attached hydrogen (secondary N) is 1. The molecule has 288 valence electrons. The van der Waals surface area contributed by atoms with Gasteiger partial charge in [-0.1, -0.05) is 6.07 Å². The highest BCUT2D eigenvalue weighted by Crippen LogP contribution is 2.34. The van der Waals surface area contributed by atoms with E-state index in [9.17, 15) is 14.4 Å². The Bertz CT molecular complexity index is 1530. The molecule has 0 spiro atoms. The number of nitrogens with zero attached hydrogens (tertiary/aromatic N) is 3. The number of benzene rings is 2. The number of amides is 3. The van der Waals surface area contributed by atoms with E-state index in [2.05, 4.69) is 5.32 Å². The third kappa shape index (κ3) is 11.1. The molecule has 3 amide bonds. The first kappa shape index (κ1) is 40.5. The van der Waals surface area contributed by atoms with Crippen LogP contribution in [-0.4, -0.2) is 111 Å². The molecule has 2 aliphatic heterocycles. The molecule has 0 aromatic heterocycles. The minimum absolute atomic E-state index is 0.110. The maximum absolute atomic E-state index is 14.1. The highest BCUT2D eigenvalue weighted by atomic mass is 16.6. The highest BCUT2D eigenvalue weighted by Gasteiger charge is 2.39. The average molecular weight is 727 g/mol. The van der Waals surface area contributed by atoms with Crippen molar-refractivity contribution in [3.05, 3.63) is 47.5 Å². The molecule has 0 unspecified atom stereocenters. The van der Waals surface area contributed by atoms with Gasteiger partial charge in [0.25, 0.3) is 5.91 Å². The zero-order valence-electron chi connectivity index (χ0n) is 32.6. The van der Waals surface area contributed by atoms with Crippen LogP contribution in [0.2, 0.25) is 0 Å². The number of hydrogen-bond acceptors (Lipinski definition) is 10. The Labute approximate surface area is 308 Å². The van der Waals surface area contributed by atoms with Gasteiger partial charge in [-0.25, -0.2) is 9.59 Å². The molecule has 13 nitrogen and oxygen atoms in total. The third-order valence-electron chi connectivity index (χ3n) is 8.64. The van der Waals surface area contributed by atoms with Gasteiger partial charge in [0.15, 0.2) is 11.5 Å². The molecule has 0 bridgehead atoms. The van der Waals surface area contributed by atoms with Gasteiger partial charge in [0.2, 0.25) is 0 Å². The number of anilines is 1. The standard InChI is InChI=1S/C39H58N4O9/c1-26(2)43(35(44)28-13-15-33(48-10)34(21-28)49-18-11-17-47-9)24-29-23-41(36(45)51-38(3,4)5)25-30(29)40-22-27-12-14-32-31(20-27)42(16-19-50-32)37(46)52-39(6,7)8/h12-15,20-21,26,29-30,40H,11,16-19,22-25H2,1-10H3/t29-,30+/m0/s1. The smallest absolute Gasteiger partial charge is 0.415 e. The lowest BCUT2D eigenvalue weighted by molar-refractivity contribution is 0.0282. The number of ether oxygens (including phenoxy) is 6. The van der Waals surface area contributed by atoms with Crippen LogP contribution in [0.25, 0.3) is 0 Å². The summed E-state index contributed by atoms with van der Waals surface area (Å²) in [5.74, 6) is 1.39. The van der Waals surface area contributed by atoms with Crippen molar-refractivity contribution in [3.8, 4) is 17.2 Å². The van der Waals surface area contributed by atoms with Gasteiger partial charge in [0.05, 0.1) is 25.9 Å². The predicted octanol–water partition coefficient (Wildman–Crippen LogP) is 6.12. The summed E-state index contributed by atoms with van der Waals surface area (Å²) in [6, 6.07) is 10.7. The van der Waals surface area contributed by atoms with Crippen LogP contribution in [0.1, 0.15) is 77.7 Å². The first-order chi connectivity index (χ1) is 24.5. The van der Waals surface area contributed by atoms with Crippen LogP contribution in [0, 0.1) is 5.92 Å². The molecule has 2 aliphatic rings. The molecular weight excluding hydrogens is 668 g/mol. The predicted molar refractivity (Wildman–Crippen MR) is 199 cm³/mol. The van der Waals surface area contributed by atoms with E-state index in [0.29, 0.717) is 87.5 Å². The number of fused-ring (bicyclic) bond motifs is 1. The van der Waals surface area contributed by atoms with Gasteiger partial charge in [-0.3, -0.25) is 9.69 Å². The van der Waals surface area contributed by atoms with Crippen molar-refractivity contribution in [2.45, 2.75) is 91.6 Å². The molecule has 1 N–H and O–H groups in total. The normalized spacial score (nSPS) is 17.4. The van der Waals surface area contributed by atoms with E-state index in [1.165, 1.54) is 0 Å². The summed E-state index contributed by atoms with van der Waals surface area (Å²) in [6.07, 6.45) is -0.124. The van der Waals surface area contributed by atoms with E-state index >= 15 is 0 Å². The molecule has 52 heavy (non-hydrogen) atoms.